The molecule has 2 aromatic rings. The Morgan fingerprint density at radius 2 is 1.96 bits per heavy atom. The van der Waals surface area contributed by atoms with E-state index in [2.05, 4.69) is 0 Å². The molecule has 1 aliphatic rings. The van der Waals surface area contributed by atoms with E-state index in [-0.39, 0.29) is 11.6 Å². The molecular weight excluding hydrogens is 336 g/mol. The zero-order chi connectivity index (χ0) is 16.6. The first kappa shape index (κ1) is 15.4. The number of thioether (sulfide) groups is 1. The van der Waals surface area contributed by atoms with Crippen LogP contribution in [-0.2, 0) is 4.79 Å². The van der Waals surface area contributed by atoms with Crippen LogP contribution >= 0.6 is 24.0 Å². The van der Waals surface area contributed by atoms with Crippen molar-refractivity contribution in [2.24, 2.45) is 0 Å². The third-order valence-electron chi connectivity index (χ3n) is 3.25. The van der Waals surface area contributed by atoms with E-state index in [1.807, 2.05) is 0 Å². The molecule has 1 fully saturated rings. The lowest BCUT2D eigenvalue weighted by molar-refractivity contribution is -0.384. The normalized spacial score (nSPS) is 16.4. The number of hydrogen-bond acceptors (Lipinski definition) is 6. The van der Waals surface area contributed by atoms with E-state index in [1.165, 1.54) is 28.8 Å². The third kappa shape index (κ3) is 3.03. The molecule has 1 aliphatic heterocycles. The number of furan rings is 1. The summed E-state index contributed by atoms with van der Waals surface area (Å²) < 4.78 is 6.18. The van der Waals surface area contributed by atoms with E-state index >= 15 is 0 Å². The maximum atomic E-state index is 11.9. The second kappa shape index (κ2) is 5.98. The maximum Gasteiger partial charge on any atom is 0.269 e. The number of nitro groups is 1. The Kier molecular flexibility index (Phi) is 4.01. The molecule has 0 aliphatic carbocycles. The van der Waals surface area contributed by atoms with Crippen molar-refractivity contribution in [2.45, 2.75) is 0 Å². The van der Waals surface area contributed by atoms with Gasteiger partial charge in [-0.25, -0.2) is 0 Å². The van der Waals surface area contributed by atoms with Crippen LogP contribution in [0.15, 0.2) is 45.7 Å². The van der Waals surface area contributed by atoms with Gasteiger partial charge >= 0.3 is 0 Å². The van der Waals surface area contributed by atoms with Crippen molar-refractivity contribution in [3.63, 3.8) is 0 Å². The van der Waals surface area contributed by atoms with Gasteiger partial charge < -0.3 is 4.42 Å². The molecule has 0 unspecified atom stereocenters. The molecule has 1 aromatic heterocycles. The van der Waals surface area contributed by atoms with Crippen LogP contribution in [-0.4, -0.2) is 27.1 Å². The van der Waals surface area contributed by atoms with Crippen LogP contribution in [0.4, 0.5) is 5.69 Å². The SMILES string of the molecule is CN1C(=O)C(=Cc2ccc(-c3ccc([N+](=O)[O-])cc3)o2)SC1=S. The standard InChI is InChI=1S/C15H10N2O4S2/c1-16-14(18)13(23-15(16)22)8-11-6-7-12(21-11)9-2-4-10(5-3-9)17(19)20/h2-8H,1H3. The summed E-state index contributed by atoms with van der Waals surface area (Å²) in [7, 11) is 1.63. The van der Waals surface area contributed by atoms with Crippen LogP contribution in [0, 0.1) is 10.1 Å². The summed E-state index contributed by atoms with van der Waals surface area (Å²) in [6.45, 7) is 0. The number of rotatable bonds is 3. The monoisotopic (exact) mass is 346 g/mol. The molecule has 0 saturated carbocycles. The molecule has 3 rings (SSSR count). The summed E-state index contributed by atoms with van der Waals surface area (Å²) in [4.78, 5) is 24.1. The van der Waals surface area contributed by atoms with Gasteiger partial charge in [-0.2, -0.15) is 0 Å². The molecular formula is C15H10N2O4S2. The molecule has 1 saturated heterocycles. The van der Waals surface area contributed by atoms with Crippen LogP contribution in [0.2, 0.25) is 0 Å². The van der Waals surface area contributed by atoms with Gasteiger partial charge in [-0.05, 0) is 24.3 Å². The predicted molar refractivity (Wildman–Crippen MR) is 91.7 cm³/mol. The molecule has 116 valence electrons. The van der Waals surface area contributed by atoms with Gasteiger partial charge in [-0.3, -0.25) is 19.8 Å². The zero-order valence-corrected chi connectivity index (χ0v) is 13.5. The molecule has 8 heteroatoms. The topological polar surface area (TPSA) is 76.6 Å². The Labute approximate surface area is 140 Å². The predicted octanol–water partition coefficient (Wildman–Crippen LogP) is 3.69. The molecule has 6 nitrogen and oxygen atoms in total. The van der Waals surface area contributed by atoms with Gasteiger partial charge in [-0.15, -0.1) is 0 Å². The summed E-state index contributed by atoms with van der Waals surface area (Å²) in [6.07, 6.45) is 1.64. The Morgan fingerprint density at radius 1 is 1.26 bits per heavy atom. The van der Waals surface area contributed by atoms with Crippen molar-refractivity contribution < 1.29 is 14.1 Å². The van der Waals surface area contributed by atoms with Crippen LogP contribution in [0.5, 0.6) is 0 Å². The van der Waals surface area contributed by atoms with Crippen molar-refractivity contribution in [1.29, 1.82) is 0 Å². The minimum atomic E-state index is -0.454. The molecule has 0 spiro atoms. The number of hydrogen-bond donors (Lipinski definition) is 0. The van der Waals surface area contributed by atoms with Gasteiger partial charge in [0, 0.05) is 30.8 Å². The fraction of sp³-hybridized carbons (Fsp3) is 0.0667. The summed E-state index contributed by atoms with van der Waals surface area (Å²) in [5.74, 6) is 0.929. The van der Waals surface area contributed by atoms with Crippen LogP contribution in [0.1, 0.15) is 5.76 Å². The number of thiocarbonyl (C=S) groups is 1. The average Bonchev–Trinajstić information content (AvgIpc) is 3.09. The van der Waals surface area contributed by atoms with Crippen LogP contribution in [0.3, 0.4) is 0 Å². The maximum absolute atomic E-state index is 11.9. The Morgan fingerprint density at radius 3 is 2.52 bits per heavy atom. The summed E-state index contributed by atoms with van der Waals surface area (Å²) >= 11 is 6.29. The van der Waals surface area contributed by atoms with Gasteiger partial charge in [0.2, 0.25) is 0 Å². The van der Waals surface area contributed by atoms with Crippen LogP contribution in [0.25, 0.3) is 17.4 Å². The van der Waals surface area contributed by atoms with E-state index in [4.69, 9.17) is 16.6 Å². The second-order valence-corrected chi connectivity index (χ2v) is 6.42. The lowest BCUT2D eigenvalue weighted by Crippen LogP contribution is -2.22. The number of carbonyl (C=O) groups excluding carboxylic acids is 1. The van der Waals surface area contributed by atoms with E-state index in [0.29, 0.717) is 20.7 Å². The highest BCUT2D eigenvalue weighted by Gasteiger charge is 2.29. The number of non-ortho nitro benzene ring substituents is 1. The number of carbonyl (C=O) groups is 1. The molecule has 0 atom stereocenters. The first-order valence-electron chi connectivity index (χ1n) is 6.52. The van der Waals surface area contributed by atoms with Crippen molar-refractivity contribution in [3.05, 3.63) is 57.2 Å². The molecule has 1 amide bonds. The van der Waals surface area contributed by atoms with Crippen molar-refractivity contribution in [1.82, 2.24) is 4.90 Å². The average molecular weight is 346 g/mol. The fourth-order valence-corrected chi connectivity index (χ4v) is 3.17. The van der Waals surface area contributed by atoms with Crippen molar-refractivity contribution in [2.75, 3.05) is 7.05 Å². The quantitative estimate of drug-likeness (QED) is 0.365. The third-order valence-corrected chi connectivity index (χ3v) is 4.73. The highest BCUT2D eigenvalue weighted by Crippen LogP contribution is 2.32. The number of amides is 1. The van der Waals surface area contributed by atoms with E-state index in [1.54, 1.807) is 37.4 Å². The van der Waals surface area contributed by atoms with Gasteiger partial charge in [0.05, 0.1) is 9.83 Å². The number of benzene rings is 1. The minimum absolute atomic E-state index is 0.0205. The molecule has 2 heterocycles. The largest absolute Gasteiger partial charge is 0.457 e. The molecule has 23 heavy (non-hydrogen) atoms. The molecule has 0 radical (unpaired) electrons. The number of nitrogens with zero attached hydrogens (tertiary/aromatic N) is 2. The summed E-state index contributed by atoms with van der Waals surface area (Å²) in [6, 6.07) is 9.55. The van der Waals surface area contributed by atoms with Gasteiger partial charge in [0.1, 0.15) is 15.8 Å². The van der Waals surface area contributed by atoms with Gasteiger partial charge in [0.25, 0.3) is 11.6 Å². The first-order chi connectivity index (χ1) is 11.0. The Hall–Kier alpha value is -2.45. The van der Waals surface area contributed by atoms with E-state index < -0.39 is 4.92 Å². The van der Waals surface area contributed by atoms with E-state index in [0.717, 1.165) is 5.56 Å². The summed E-state index contributed by atoms with van der Waals surface area (Å²) in [5, 5.41) is 10.7. The highest BCUT2D eigenvalue weighted by molar-refractivity contribution is 8.26. The fourth-order valence-electron chi connectivity index (χ4n) is 2.01. The number of nitro benzene ring substituents is 1. The van der Waals surface area contributed by atoms with Crippen molar-refractivity contribution in [3.8, 4) is 11.3 Å². The Bertz CT molecular complexity index is 839. The van der Waals surface area contributed by atoms with Gasteiger partial charge in [0.15, 0.2) is 0 Å². The first-order valence-corrected chi connectivity index (χ1v) is 7.74. The Balaban J connectivity index is 1.85. The lowest BCUT2D eigenvalue weighted by Gasteiger charge is -2.03. The molecule has 0 bridgehead atoms. The summed E-state index contributed by atoms with van der Waals surface area (Å²) in [5.41, 5.74) is 0.741. The van der Waals surface area contributed by atoms with Gasteiger partial charge in [-0.1, -0.05) is 24.0 Å². The van der Waals surface area contributed by atoms with Crippen molar-refractivity contribution >= 4 is 46.0 Å². The molecule has 1 aromatic carbocycles. The smallest absolute Gasteiger partial charge is 0.269 e. The second-order valence-electron chi connectivity index (χ2n) is 4.75. The number of likely N-dealkylation sites (N-methyl/N-ethyl adjacent to an activating group) is 1. The molecule has 0 N–H and O–H groups in total. The minimum Gasteiger partial charge on any atom is -0.457 e. The van der Waals surface area contributed by atoms with E-state index in [9.17, 15) is 14.9 Å². The lowest BCUT2D eigenvalue weighted by atomic mass is 10.1. The highest BCUT2D eigenvalue weighted by atomic mass is 32.2. The zero-order valence-electron chi connectivity index (χ0n) is 11.9. The van der Waals surface area contributed by atoms with Crippen LogP contribution < -0.4 is 0 Å².